The molecule has 0 saturated carbocycles. The van der Waals surface area contributed by atoms with Gasteiger partial charge in [0.25, 0.3) is 0 Å². The number of carbonyl (C=O) groups excluding carboxylic acids is 1. The van der Waals surface area contributed by atoms with E-state index in [9.17, 15) is 19.7 Å². The van der Waals surface area contributed by atoms with Crippen molar-refractivity contribution >= 4 is 23.2 Å². The van der Waals surface area contributed by atoms with Gasteiger partial charge in [-0.1, -0.05) is 6.07 Å². The number of amides is 1. The van der Waals surface area contributed by atoms with Gasteiger partial charge in [-0.3, -0.25) is 19.3 Å². The second-order valence-electron chi connectivity index (χ2n) is 9.46. The molecule has 174 valence electrons. The lowest BCUT2D eigenvalue weighted by atomic mass is 9.97. The molecule has 0 aliphatic carbocycles. The van der Waals surface area contributed by atoms with Crippen molar-refractivity contribution in [2.75, 3.05) is 24.5 Å². The summed E-state index contributed by atoms with van der Waals surface area (Å²) in [6, 6.07) is 4.96. The number of piperidine rings is 1. The van der Waals surface area contributed by atoms with Crippen molar-refractivity contribution in [3.8, 4) is 0 Å². The van der Waals surface area contributed by atoms with Gasteiger partial charge in [0.15, 0.2) is 0 Å². The van der Waals surface area contributed by atoms with E-state index in [0.29, 0.717) is 25.3 Å². The molecular formula is C22H31N5O5. The van der Waals surface area contributed by atoms with E-state index in [-0.39, 0.29) is 23.9 Å². The number of nitro groups is 1. The maximum Gasteiger partial charge on any atom is 0.410 e. The summed E-state index contributed by atoms with van der Waals surface area (Å²) in [6.45, 7) is 10.8. The van der Waals surface area contributed by atoms with Crippen molar-refractivity contribution in [2.24, 2.45) is 5.92 Å². The fourth-order valence-corrected chi connectivity index (χ4v) is 3.95. The monoisotopic (exact) mass is 445 g/mol. The molecule has 3 rings (SSSR count). The van der Waals surface area contributed by atoms with Crippen molar-refractivity contribution < 1.29 is 14.5 Å². The van der Waals surface area contributed by atoms with Gasteiger partial charge >= 0.3 is 17.3 Å². The smallest absolute Gasteiger partial charge is 0.410 e. The maximum absolute atomic E-state index is 12.8. The summed E-state index contributed by atoms with van der Waals surface area (Å²) in [6.07, 6.45) is 2.74. The second-order valence-corrected chi connectivity index (χ2v) is 9.46. The van der Waals surface area contributed by atoms with Crippen molar-refractivity contribution in [2.45, 2.75) is 59.1 Å². The zero-order valence-corrected chi connectivity index (χ0v) is 19.3. The number of nitrogens with zero attached hydrogens (tertiary/aromatic N) is 5. The molecule has 2 aromatic heterocycles. The molecule has 1 aliphatic heterocycles. The van der Waals surface area contributed by atoms with Crippen LogP contribution < -0.4 is 10.5 Å². The number of carbonyl (C=O) groups is 1. The first kappa shape index (κ1) is 23.5. The van der Waals surface area contributed by atoms with Crippen molar-refractivity contribution in [3.63, 3.8) is 0 Å². The second kappa shape index (κ2) is 9.13. The molecule has 0 spiro atoms. The van der Waals surface area contributed by atoms with Crippen LogP contribution in [0, 0.1) is 16.0 Å². The van der Waals surface area contributed by atoms with Gasteiger partial charge in [-0.2, -0.15) is 0 Å². The fraction of sp³-hybridized carbons (Fsp3) is 0.591. The van der Waals surface area contributed by atoms with E-state index in [1.54, 1.807) is 28.0 Å². The first-order valence-corrected chi connectivity index (χ1v) is 10.9. The molecule has 32 heavy (non-hydrogen) atoms. The van der Waals surface area contributed by atoms with Crippen molar-refractivity contribution in [1.82, 2.24) is 14.3 Å². The molecule has 1 atom stereocenters. The molecule has 1 saturated heterocycles. The lowest BCUT2D eigenvalue weighted by Gasteiger charge is -2.37. The molecule has 1 fully saturated rings. The number of fused-ring (bicyclic) bond motifs is 1. The molecule has 1 aliphatic rings. The van der Waals surface area contributed by atoms with Gasteiger partial charge in [-0.05, 0) is 65.5 Å². The Bertz CT molecular complexity index is 1060. The van der Waals surface area contributed by atoms with Crippen LogP contribution in [0.5, 0.6) is 0 Å². The Kier molecular flexibility index (Phi) is 6.71. The molecule has 0 aromatic carbocycles. The van der Waals surface area contributed by atoms with Gasteiger partial charge < -0.3 is 14.5 Å². The zero-order chi connectivity index (χ0) is 23.6. The number of pyridine rings is 1. The number of anilines is 1. The normalized spacial score (nSPS) is 16.9. The lowest BCUT2D eigenvalue weighted by Crippen LogP contribution is -2.47. The highest BCUT2D eigenvalue weighted by atomic mass is 16.6. The fourth-order valence-electron chi connectivity index (χ4n) is 3.95. The van der Waals surface area contributed by atoms with Gasteiger partial charge in [0.1, 0.15) is 11.2 Å². The summed E-state index contributed by atoms with van der Waals surface area (Å²) in [5.74, 6) is 0.151. The minimum absolute atomic E-state index is 0.0574. The van der Waals surface area contributed by atoms with E-state index in [4.69, 9.17) is 4.74 Å². The van der Waals surface area contributed by atoms with Crippen LogP contribution in [0.1, 0.15) is 47.5 Å². The Morgan fingerprint density at radius 1 is 1.38 bits per heavy atom. The SMILES string of the molecule is CC(C)N(CC1CCCN(c2nc3ccccn3c(=O)c2[N+](=O)[O-])C1)C(=O)OC(C)(C)C. The highest BCUT2D eigenvalue weighted by molar-refractivity contribution is 5.68. The molecule has 0 radical (unpaired) electrons. The number of rotatable bonds is 5. The van der Waals surface area contributed by atoms with E-state index in [2.05, 4.69) is 4.98 Å². The van der Waals surface area contributed by atoms with Crippen LogP contribution in [0.2, 0.25) is 0 Å². The number of ether oxygens (including phenoxy) is 1. The van der Waals surface area contributed by atoms with Crippen LogP contribution in [0.4, 0.5) is 16.3 Å². The summed E-state index contributed by atoms with van der Waals surface area (Å²) in [7, 11) is 0. The van der Waals surface area contributed by atoms with Gasteiger partial charge in [0.05, 0.1) is 4.92 Å². The van der Waals surface area contributed by atoms with E-state index in [0.717, 1.165) is 12.8 Å². The molecule has 10 nitrogen and oxygen atoms in total. The van der Waals surface area contributed by atoms with Gasteiger partial charge in [0.2, 0.25) is 5.82 Å². The van der Waals surface area contributed by atoms with Gasteiger partial charge in [-0.25, -0.2) is 9.78 Å². The Balaban J connectivity index is 1.88. The minimum atomic E-state index is -0.699. The summed E-state index contributed by atoms with van der Waals surface area (Å²) in [5.41, 5.74) is -1.46. The van der Waals surface area contributed by atoms with E-state index >= 15 is 0 Å². The average Bonchev–Trinajstić information content (AvgIpc) is 2.70. The summed E-state index contributed by atoms with van der Waals surface area (Å²) in [4.78, 5) is 44.5. The van der Waals surface area contributed by atoms with Crippen LogP contribution in [-0.2, 0) is 4.74 Å². The minimum Gasteiger partial charge on any atom is -0.444 e. The predicted molar refractivity (Wildman–Crippen MR) is 121 cm³/mol. The molecular weight excluding hydrogens is 414 g/mol. The highest BCUT2D eigenvalue weighted by Crippen LogP contribution is 2.29. The summed E-state index contributed by atoms with van der Waals surface area (Å²) >= 11 is 0. The average molecular weight is 446 g/mol. The lowest BCUT2D eigenvalue weighted by molar-refractivity contribution is -0.385. The third kappa shape index (κ3) is 5.17. The van der Waals surface area contributed by atoms with Crippen LogP contribution in [-0.4, -0.2) is 56.6 Å². The summed E-state index contributed by atoms with van der Waals surface area (Å²) < 4.78 is 6.74. The van der Waals surface area contributed by atoms with E-state index < -0.39 is 21.8 Å². The first-order valence-electron chi connectivity index (χ1n) is 10.9. The molecule has 0 N–H and O–H groups in total. The molecule has 2 aromatic rings. The van der Waals surface area contributed by atoms with E-state index in [1.807, 2.05) is 34.6 Å². The quantitative estimate of drug-likeness (QED) is 0.512. The van der Waals surface area contributed by atoms with Crippen LogP contribution in [0.3, 0.4) is 0 Å². The van der Waals surface area contributed by atoms with Crippen molar-refractivity contribution in [3.05, 3.63) is 44.9 Å². The third-order valence-corrected chi connectivity index (χ3v) is 5.40. The third-order valence-electron chi connectivity index (χ3n) is 5.40. The largest absolute Gasteiger partial charge is 0.444 e. The summed E-state index contributed by atoms with van der Waals surface area (Å²) in [5, 5.41) is 11.8. The van der Waals surface area contributed by atoms with Gasteiger partial charge in [-0.15, -0.1) is 0 Å². The maximum atomic E-state index is 12.8. The topological polar surface area (TPSA) is 110 Å². The molecule has 10 heteroatoms. The molecule has 3 heterocycles. The Labute approximate surface area is 186 Å². The highest BCUT2D eigenvalue weighted by Gasteiger charge is 2.33. The Morgan fingerprint density at radius 3 is 2.72 bits per heavy atom. The Morgan fingerprint density at radius 2 is 2.09 bits per heavy atom. The first-order chi connectivity index (χ1) is 15.0. The molecule has 1 amide bonds. The number of hydrogen-bond donors (Lipinski definition) is 0. The van der Waals surface area contributed by atoms with Crippen LogP contribution in [0.15, 0.2) is 29.2 Å². The molecule has 1 unspecified atom stereocenters. The predicted octanol–water partition coefficient (Wildman–Crippen LogP) is 3.46. The van der Waals surface area contributed by atoms with Crippen LogP contribution in [0.25, 0.3) is 5.65 Å². The van der Waals surface area contributed by atoms with Crippen LogP contribution >= 0.6 is 0 Å². The standard InChI is InChI=1S/C22H31N5O5/c1-15(2)26(21(29)32-22(3,4)5)14-16-9-8-11-24(13-16)19-18(27(30)31)20(28)25-12-7-6-10-17(25)23-19/h6-7,10,12,15-16H,8-9,11,13-14H2,1-5H3. The zero-order valence-electron chi connectivity index (χ0n) is 19.3. The van der Waals surface area contributed by atoms with Crippen molar-refractivity contribution in [1.29, 1.82) is 0 Å². The number of aromatic nitrogens is 2. The number of hydrogen-bond acceptors (Lipinski definition) is 7. The Hall–Kier alpha value is -3.17. The molecule has 0 bridgehead atoms. The van der Waals surface area contributed by atoms with Gasteiger partial charge in [0, 0.05) is 31.9 Å². The van der Waals surface area contributed by atoms with E-state index in [1.165, 1.54) is 10.6 Å².